The molecule has 10 heteroatoms. The van der Waals surface area contributed by atoms with E-state index in [0.29, 0.717) is 57.2 Å². The van der Waals surface area contributed by atoms with Crippen LogP contribution in [0.15, 0.2) is 75.0 Å². The molecule has 4 heterocycles. The highest BCUT2D eigenvalue weighted by Gasteiger charge is 2.21. The molecule has 0 N–H and O–H groups in total. The van der Waals surface area contributed by atoms with Crippen LogP contribution in [0.25, 0.3) is 16.6 Å². The van der Waals surface area contributed by atoms with Crippen LogP contribution in [0, 0.1) is 12.8 Å². The van der Waals surface area contributed by atoms with E-state index in [1.165, 1.54) is 26.0 Å². The van der Waals surface area contributed by atoms with Gasteiger partial charge in [0, 0.05) is 23.7 Å². The van der Waals surface area contributed by atoms with E-state index in [-0.39, 0.29) is 31.2 Å². The second-order valence-corrected chi connectivity index (χ2v) is 11.8. The van der Waals surface area contributed by atoms with Crippen LogP contribution in [0.5, 0.6) is 11.5 Å². The molecule has 0 bridgehead atoms. The van der Waals surface area contributed by atoms with Crippen LogP contribution in [0.4, 0.5) is 0 Å². The molecule has 0 spiro atoms. The molecule has 7 rings (SSSR count). The number of ketones is 1. The molecule has 0 unspecified atom stereocenters. The lowest BCUT2D eigenvalue weighted by molar-refractivity contribution is 0.0950. The monoisotopic (exact) mass is 592 g/mol. The van der Waals surface area contributed by atoms with E-state index < -0.39 is 11.2 Å². The van der Waals surface area contributed by atoms with Crippen molar-refractivity contribution >= 4 is 22.3 Å². The van der Waals surface area contributed by atoms with Gasteiger partial charge in [0.2, 0.25) is 6.79 Å². The summed E-state index contributed by atoms with van der Waals surface area (Å²) in [7, 11) is 0. The number of ether oxygens (including phenoxy) is 2. The largest absolute Gasteiger partial charge is 0.454 e. The van der Waals surface area contributed by atoms with Gasteiger partial charge in [-0.2, -0.15) is 0 Å². The van der Waals surface area contributed by atoms with Gasteiger partial charge in [-0.15, -0.1) is 0 Å². The van der Waals surface area contributed by atoms with Crippen LogP contribution in [-0.2, 0) is 13.1 Å². The van der Waals surface area contributed by atoms with Gasteiger partial charge in [-0.25, -0.2) is 9.78 Å². The van der Waals surface area contributed by atoms with Gasteiger partial charge in [0.25, 0.3) is 11.1 Å². The molecule has 1 aliphatic carbocycles. The summed E-state index contributed by atoms with van der Waals surface area (Å²) in [6.45, 7) is 1.88. The minimum atomic E-state index is -0.566. The van der Waals surface area contributed by atoms with Crippen molar-refractivity contribution in [2.24, 2.45) is 5.92 Å². The number of hydrogen-bond acceptors (Lipinski definition) is 7. The lowest BCUT2D eigenvalue weighted by atomic mass is 9.85. The highest BCUT2D eigenvalue weighted by molar-refractivity contribution is 5.99. The first-order chi connectivity index (χ1) is 21.4. The number of aromatic nitrogens is 4. The molecule has 2 aromatic carbocycles. The Hall–Kier alpha value is -4.99. The van der Waals surface area contributed by atoms with Gasteiger partial charge in [-0.1, -0.05) is 50.3 Å². The molecular weight excluding hydrogens is 560 g/mol. The van der Waals surface area contributed by atoms with Crippen molar-refractivity contribution in [3.63, 3.8) is 0 Å². The maximum atomic E-state index is 14.1. The molecule has 44 heavy (non-hydrogen) atoms. The molecule has 0 atom stereocenters. The molecule has 0 saturated heterocycles. The Morgan fingerprint density at radius 2 is 1.70 bits per heavy atom. The number of fused-ring (bicyclic) bond motifs is 3. The molecule has 1 fully saturated rings. The van der Waals surface area contributed by atoms with E-state index in [1.54, 1.807) is 42.5 Å². The Morgan fingerprint density at radius 1 is 0.886 bits per heavy atom. The quantitative estimate of drug-likeness (QED) is 0.257. The Balaban J connectivity index is 1.35. The zero-order chi connectivity index (χ0) is 30.4. The van der Waals surface area contributed by atoms with Gasteiger partial charge >= 0.3 is 5.69 Å². The lowest BCUT2D eigenvalue weighted by Gasteiger charge is -2.21. The molecule has 1 saturated carbocycles. The summed E-state index contributed by atoms with van der Waals surface area (Å²) in [6.07, 6.45) is 6.00. The first-order valence-electron chi connectivity index (χ1n) is 15.0. The van der Waals surface area contributed by atoms with Crippen molar-refractivity contribution < 1.29 is 14.3 Å². The van der Waals surface area contributed by atoms with Crippen molar-refractivity contribution in [2.75, 3.05) is 6.79 Å². The van der Waals surface area contributed by atoms with Crippen LogP contribution < -0.4 is 26.3 Å². The van der Waals surface area contributed by atoms with Gasteiger partial charge in [0.1, 0.15) is 5.65 Å². The Kier molecular flexibility index (Phi) is 7.12. The first kappa shape index (κ1) is 27.8. The molecule has 3 aromatic heterocycles. The lowest BCUT2D eigenvalue weighted by Crippen LogP contribution is -2.40. The van der Waals surface area contributed by atoms with Crippen LogP contribution in [-0.4, -0.2) is 31.1 Å². The van der Waals surface area contributed by atoms with Gasteiger partial charge in [-0.3, -0.25) is 27.9 Å². The van der Waals surface area contributed by atoms with E-state index in [1.807, 2.05) is 19.1 Å². The number of aryl methyl sites for hydroxylation is 1. The molecule has 10 nitrogen and oxygen atoms in total. The van der Waals surface area contributed by atoms with Crippen molar-refractivity contribution in [1.82, 2.24) is 18.5 Å². The highest BCUT2D eigenvalue weighted by atomic mass is 16.7. The molecule has 1 aliphatic heterocycles. The number of hydrogen-bond donors (Lipinski definition) is 0. The average molecular weight is 593 g/mol. The fourth-order valence-electron chi connectivity index (χ4n) is 6.48. The maximum absolute atomic E-state index is 14.1. The fraction of sp³-hybridized carbons (Fsp3) is 0.324. The fourth-order valence-corrected chi connectivity index (χ4v) is 6.48. The number of benzene rings is 2. The second kappa shape index (κ2) is 11.3. The summed E-state index contributed by atoms with van der Waals surface area (Å²) in [5.41, 5.74) is 1.77. The molecular formula is C34H32N4O6. The van der Waals surface area contributed by atoms with Crippen LogP contribution in [0.3, 0.4) is 0 Å². The zero-order valence-electron chi connectivity index (χ0n) is 24.5. The van der Waals surface area contributed by atoms with Crippen LogP contribution in [0.2, 0.25) is 0 Å². The number of pyridine rings is 1. The van der Waals surface area contributed by atoms with Gasteiger partial charge in [0.05, 0.1) is 29.7 Å². The predicted octanol–water partition coefficient (Wildman–Crippen LogP) is 4.46. The van der Waals surface area contributed by atoms with E-state index in [0.717, 1.165) is 31.4 Å². The van der Waals surface area contributed by atoms with Crippen LogP contribution >= 0.6 is 0 Å². The summed E-state index contributed by atoms with van der Waals surface area (Å²) in [5, 5.41) is 0.299. The number of nitrogens with zero attached hydrogens (tertiary/aromatic N) is 4. The molecule has 2 aliphatic rings. The Morgan fingerprint density at radius 3 is 2.55 bits per heavy atom. The molecule has 224 valence electrons. The Bertz CT molecular complexity index is 2120. The van der Waals surface area contributed by atoms with Crippen molar-refractivity contribution in [2.45, 2.75) is 58.5 Å². The third-order valence-electron chi connectivity index (χ3n) is 8.78. The predicted molar refractivity (Wildman–Crippen MR) is 165 cm³/mol. The standard InChI is InChI=1S/C34H32N4O6/c1-21-6-5-9-31-35-25(17-32(40)38(21)31)19-36-27-16-24(28(39)14-22-7-3-2-4-8-22)11-12-26(27)33(41)37(34(36)42)18-23-10-13-29-30(15-23)44-20-43-29/h5-6,9-13,15-17,22H,2-4,7-8,14,18-20H2,1H3. The van der Waals surface area contributed by atoms with E-state index in [2.05, 4.69) is 4.98 Å². The highest BCUT2D eigenvalue weighted by Crippen LogP contribution is 2.32. The van der Waals surface area contributed by atoms with Crippen molar-refractivity contribution in [3.05, 3.63) is 114 Å². The van der Waals surface area contributed by atoms with Crippen LogP contribution in [0.1, 0.15) is 65.8 Å². The molecule has 0 radical (unpaired) electrons. The first-order valence-corrected chi connectivity index (χ1v) is 15.0. The van der Waals surface area contributed by atoms with Crippen molar-refractivity contribution in [1.29, 1.82) is 0 Å². The third kappa shape index (κ3) is 5.10. The molecule has 0 amide bonds. The maximum Gasteiger partial charge on any atom is 0.332 e. The second-order valence-electron chi connectivity index (χ2n) is 11.8. The number of rotatable bonds is 7. The number of Topliss-reactive ketones (excluding diaryl/α,β-unsaturated/α-hetero) is 1. The van der Waals surface area contributed by atoms with E-state index in [9.17, 15) is 19.2 Å². The van der Waals surface area contributed by atoms with Gasteiger partial charge in [0.15, 0.2) is 17.3 Å². The Labute approximate surface area is 252 Å². The molecule has 5 aromatic rings. The normalized spacial score (nSPS) is 14.8. The van der Waals surface area contributed by atoms with E-state index in [4.69, 9.17) is 9.47 Å². The smallest absolute Gasteiger partial charge is 0.332 e. The number of carbonyl (C=O) groups excluding carboxylic acids is 1. The van der Waals surface area contributed by atoms with Gasteiger partial charge < -0.3 is 9.47 Å². The van der Waals surface area contributed by atoms with E-state index >= 15 is 0 Å². The summed E-state index contributed by atoms with van der Waals surface area (Å²) in [6, 6.07) is 17.0. The minimum absolute atomic E-state index is 0.000104. The summed E-state index contributed by atoms with van der Waals surface area (Å²) >= 11 is 0. The minimum Gasteiger partial charge on any atom is -0.454 e. The SMILES string of the molecule is Cc1cccc2nc(Cn3c(=O)n(Cc4ccc5c(c4)OCO5)c(=O)c4ccc(C(=O)CC5CCCCC5)cc43)cc(=O)n12. The number of carbonyl (C=O) groups is 1. The van der Waals surface area contributed by atoms with Crippen molar-refractivity contribution in [3.8, 4) is 11.5 Å². The summed E-state index contributed by atoms with van der Waals surface area (Å²) in [4.78, 5) is 59.0. The van der Waals surface area contributed by atoms with Gasteiger partial charge in [-0.05, 0) is 54.8 Å². The summed E-state index contributed by atoms with van der Waals surface area (Å²) < 4.78 is 15.0. The topological polar surface area (TPSA) is 114 Å². The zero-order valence-corrected chi connectivity index (χ0v) is 24.5. The summed E-state index contributed by atoms with van der Waals surface area (Å²) in [5.74, 6) is 1.50. The average Bonchev–Trinajstić information content (AvgIpc) is 3.49. The third-order valence-corrected chi connectivity index (χ3v) is 8.78.